The van der Waals surface area contributed by atoms with Gasteiger partial charge in [-0.05, 0) is 42.6 Å². The number of rotatable bonds is 3. The minimum absolute atomic E-state index is 0.0520. The van der Waals surface area contributed by atoms with Crippen molar-refractivity contribution in [2.75, 3.05) is 0 Å². The van der Waals surface area contributed by atoms with Crippen LogP contribution < -0.4 is 4.74 Å². The molecule has 1 aliphatic rings. The standard InChI is InChI=1S/C17H26O3S/c1-10-6-11(2)8-12(7-10)20-13-9-14(17(3,4)5)21-15(13)16(18)19/h9-12H,6-8H2,1-5H3,(H,18,19). The van der Waals surface area contributed by atoms with Crippen LogP contribution in [-0.2, 0) is 5.41 Å². The highest BCUT2D eigenvalue weighted by molar-refractivity contribution is 7.14. The van der Waals surface area contributed by atoms with E-state index in [1.165, 1.54) is 17.8 Å². The molecular weight excluding hydrogens is 284 g/mol. The average molecular weight is 310 g/mol. The minimum atomic E-state index is -0.887. The molecule has 1 saturated carbocycles. The molecule has 1 N–H and O–H groups in total. The van der Waals surface area contributed by atoms with E-state index in [0.717, 1.165) is 17.7 Å². The number of ether oxygens (including phenoxy) is 1. The Balaban J connectivity index is 2.22. The summed E-state index contributed by atoms with van der Waals surface area (Å²) in [7, 11) is 0. The molecule has 2 rings (SSSR count). The van der Waals surface area contributed by atoms with E-state index in [2.05, 4.69) is 34.6 Å². The number of thiophene rings is 1. The molecule has 0 bridgehead atoms. The number of aromatic carboxylic acids is 1. The molecule has 2 unspecified atom stereocenters. The maximum absolute atomic E-state index is 11.5. The first-order chi connectivity index (χ1) is 9.66. The molecule has 1 aromatic rings. The van der Waals surface area contributed by atoms with Gasteiger partial charge in [0.15, 0.2) is 4.88 Å². The average Bonchev–Trinajstić information content (AvgIpc) is 2.71. The first-order valence-electron chi connectivity index (χ1n) is 7.71. The van der Waals surface area contributed by atoms with Gasteiger partial charge in [-0.15, -0.1) is 11.3 Å². The Kier molecular flexibility index (Phi) is 4.66. The summed E-state index contributed by atoms with van der Waals surface area (Å²) < 4.78 is 6.09. The minimum Gasteiger partial charge on any atom is -0.489 e. The quantitative estimate of drug-likeness (QED) is 0.859. The Hall–Kier alpha value is -1.03. The Bertz CT molecular complexity index is 503. The highest BCUT2D eigenvalue weighted by Crippen LogP contribution is 2.39. The van der Waals surface area contributed by atoms with Gasteiger partial charge in [0.05, 0.1) is 6.10 Å². The second-order valence-corrected chi connectivity index (χ2v) is 8.57. The van der Waals surface area contributed by atoms with Crippen molar-refractivity contribution in [3.8, 4) is 5.75 Å². The highest BCUT2D eigenvalue weighted by atomic mass is 32.1. The van der Waals surface area contributed by atoms with Crippen molar-refractivity contribution in [1.82, 2.24) is 0 Å². The number of hydrogen-bond acceptors (Lipinski definition) is 3. The fourth-order valence-electron chi connectivity index (χ4n) is 3.13. The van der Waals surface area contributed by atoms with Gasteiger partial charge in [0.1, 0.15) is 5.75 Å². The van der Waals surface area contributed by atoms with Crippen LogP contribution in [-0.4, -0.2) is 17.2 Å². The molecule has 0 amide bonds. The smallest absolute Gasteiger partial charge is 0.349 e. The number of hydrogen-bond donors (Lipinski definition) is 1. The van der Waals surface area contributed by atoms with Gasteiger partial charge in [-0.3, -0.25) is 0 Å². The van der Waals surface area contributed by atoms with E-state index in [1.807, 2.05) is 6.07 Å². The molecule has 1 aromatic heterocycles. The lowest BCUT2D eigenvalue weighted by molar-refractivity contribution is 0.0683. The van der Waals surface area contributed by atoms with Crippen molar-refractivity contribution in [3.05, 3.63) is 15.8 Å². The second-order valence-electron chi connectivity index (χ2n) is 7.52. The van der Waals surface area contributed by atoms with Gasteiger partial charge in [-0.2, -0.15) is 0 Å². The van der Waals surface area contributed by atoms with Crippen LogP contribution in [0.1, 0.15) is 68.4 Å². The van der Waals surface area contributed by atoms with Gasteiger partial charge in [0.2, 0.25) is 0 Å². The summed E-state index contributed by atoms with van der Waals surface area (Å²) >= 11 is 1.34. The molecule has 0 radical (unpaired) electrons. The highest BCUT2D eigenvalue weighted by Gasteiger charge is 2.29. The van der Waals surface area contributed by atoms with Gasteiger partial charge in [0.25, 0.3) is 0 Å². The number of carboxylic acid groups (broad SMARTS) is 1. The summed E-state index contributed by atoms with van der Waals surface area (Å²) in [6.45, 7) is 10.8. The topological polar surface area (TPSA) is 46.5 Å². The lowest BCUT2D eigenvalue weighted by atomic mass is 9.82. The zero-order chi connectivity index (χ0) is 15.8. The first kappa shape index (κ1) is 16.3. The summed E-state index contributed by atoms with van der Waals surface area (Å²) in [6, 6.07) is 1.93. The largest absolute Gasteiger partial charge is 0.489 e. The van der Waals surface area contributed by atoms with Gasteiger partial charge >= 0.3 is 5.97 Å². The van der Waals surface area contributed by atoms with E-state index < -0.39 is 5.97 Å². The Labute approximate surface area is 131 Å². The fourth-order valence-corrected chi connectivity index (χ4v) is 4.12. The Morgan fingerprint density at radius 3 is 2.29 bits per heavy atom. The molecule has 0 saturated heterocycles. The monoisotopic (exact) mass is 310 g/mol. The molecule has 0 aromatic carbocycles. The van der Waals surface area contributed by atoms with Crippen LogP contribution in [0, 0.1) is 11.8 Å². The third kappa shape index (κ3) is 4.00. The fraction of sp³-hybridized carbons (Fsp3) is 0.706. The summed E-state index contributed by atoms with van der Waals surface area (Å²) in [5, 5.41) is 9.41. The zero-order valence-electron chi connectivity index (χ0n) is 13.6. The predicted molar refractivity (Wildman–Crippen MR) is 86.6 cm³/mol. The van der Waals surface area contributed by atoms with E-state index in [4.69, 9.17) is 4.74 Å². The molecule has 0 spiro atoms. The third-order valence-corrected chi connectivity index (χ3v) is 5.59. The lowest BCUT2D eigenvalue weighted by Gasteiger charge is -2.31. The number of carbonyl (C=O) groups is 1. The van der Waals surface area contributed by atoms with E-state index in [-0.39, 0.29) is 11.5 Å². The van der Waals surface area contributed by atoms with Crippen LogP contribution in [0.15, 0.2) is 6.07 Å². The molecule has 1 heterocycles. The maximum atomic E-state index is 11.5. The van der Waals surface area contributed by atoms with Crippen molar-refractivity contribution in [2.24, 2.45) is 11.8 Å². The van der Waals surface area contributed by atoms with E-state index >= 15 is 0 Å². The predicted octanol–water partition coefficient (Wildman–Crippen LogP) is 4.95. The number of carboxylic acids is 1. The molecular formula is C17H26O3S. The molecule has 1 fully saturated rings. The molecule has 2 atom stereocenters. The van der Waals surface area contributed by atoms with Crippen molar-refractivity contribution < 1.29 is 14.6 Å². The molecule has 0 aliphatic heterocycles. The van der Waals surface area contributed by atoms with Crippen LogP contribution in [0.3, 0.4) is 0 Å². The lowest BCUT2D eigenvalue weighted by Crippen LogP contribution is -2.28. The second kappa shape index (κ2) is 5.99. The molecule has 3 nitrogen and oxygen atoms in total. The third-order valence-electron chi connectivity index (χ3n) is 4.06. The van der Waals surface area contributed by atoms with Gasteiger partial charge < -0.3 is 9.84 Å². The molecule has 1 aliphatic carbocycles. The molecule has 21 heavy (non-hydrogen) atoms. The summed E-state index contributed by atoms with van der Waals surface area (Å²) in [4.78, 5) is 12.9. The van der Waals surface area contributed by atoms with Crippen LogP contribution in [0.5, 0.6) is 5.75 Å². The van der Waals surface area contributed by atoms with E-state index in [0.29, 0.717) is 22.5 Å². The van der Waals surface area contributed by atoms with Crippen LogP contribution in [0.4, 0.5) is 0 Å². The van der Waals surface area contributed by atoms with Gasteiger partial charge in [0, 0.05) is 4.88 Å². The van der Waals surface area contributed by atoms with Gasteiger partial charge in [-0.25, -0.2) is 4.79 Å². The van der Waals surface area contributed by atoms with Crippen LogP contribution in [0.2, 0.25) is 0 Å². The van der Waals surface area contributed by atoms with Crippen LogP contribution >= 0.6 is 11.3 Å². The van der Waals surface area contributed by atoms with Crippen molar-refractivity contribution >= 4 is 17.3 Å². The Morgan fingerprint density at radius 1 is 1.24 bits per heavy atom. The molecule has 118 valence electrons. The van der Waals surface area contributed by atoms with Crippen molar-refractivity contribution in [1.29, 1.82) is 0 Å². The molecule has 4 heteroatoms. The van der Waals surface area contributed by atoms with Crippen molar-refractivity contribution in [3.63, 3.8) is 0 Å². The van der Waals surface area contributed by atoms with Crippen molar-refractivity contribution in [2.45, 2.75) is 65.4 Å². The summed E-state index contributed by atoms with van der Waals surface area (Å²) in [5.41, 5.74) is -0.0520. The van der Waals surface area contributed by atoms with E-state index in [9.17, 15) is 9.90 Å². The maximum Gasteiger partial charge on any atom is 0.349 e. The van der Waals surface area contributed by atoms with E-state index in [1.54, 1.807) is 0 Å². The zero-order valence-corrected chi connectivity index (χ0v) is 14.4. The van der Waals surface area contributed by atoms with Gasteiger partial charge in [-0.1, -0.05) is 34.6 Å². The summed E-state index contributed by atoms with van der Waals surface area (Å²) in [5.74, 6) is 0.964. The Morgan fingerprint density at radius 2 is 1.81 bits per heavy atom. The SMILES string of the molecule is CC1CC(C)CC(Oc2cc(C(C)(C)C)sc2C(=O)O)C1. The summed E-state index contributed by atoms with van der Waals surface area (Å²) in [6.07, 6.45) is 3.42. The normalized spacial score (nSPS) is 26.6. The first-order valence-corrected chi connectivity index (χ1v) is 8.52. The van der Waals surface area contributed by atoms with Crippen LogP contribution in [0.25, 0.3) is 0 Å².